The molecule has 0 spiro atoms. The summed E-state index contributed by atoms with van der Waals surface area (Å²) in [5.41, 5.74) is 1.95. The van der Waals surface area contributed by atoms with E-state index in [0.29, 0.717) is 5.41 Å². The Morgan fingerprint density at radius 3 is 2.44 bits per heavy atom. The number of benzene rings is 1. The third kappa shape index (κ3) is 3.45. The lowest BCUT2D eigenvalue weighted by molar-refractivity contribution is 0.314. The van der Waals surface area contributed by atoms with E-state index in [9.17, 15) is 0 Å². The number of rotatable bonds is 4. The van der Waals surface area contributed by atoms with Crippen molar-refractivity contribution in [1.82, 2.24) is 5.32 Å². The summed E-state index contributed by atoms with van der Waals surface area (Å²) < 4.78 is 1.31. The zero-order valence-corrected chi connectivity index (χ0v) is 12.1. The van der Waals surface area contributed by atoms with E-state index in [1.165, 1.54) is 41.4 Å². The highest BCUT2D eigenvalue weighted by atomic mass is 127. The van der Waals surface area contributed by atoms with Gasteiger partial charge < -0.3 is 5.32 Å². The Morgan fingerprint density at radius 1 is 1.19 bits per heavy atom. The summed E-state index contributed by atoms with van der Waals surface area (Å²) in [5.74, 6) is 0. The molecule has 0 radical (unpaired) electrons. The van der Waals surface area contributed by atoms with Crippen molar-refractivity contribution in [2.75, 3.05) is 6.54 Å². The van der Waals surface area contributed by atoms with Crippen LogP contribution in [0.2, 0.25) is 0 Å². The van der Waals surface area contributed by atoms with Gasteiger partial charge in [-0.25, -0.2) is 0 Å². The standard InChI is InChI=1S/C14H20IN/c1-14(8-2-3-9-14)11-16-10-12-4-6-13(15)7-5-12/h4-7,16H,2-3,8-11H2,1H3. The van der Waals surface area contributed by atoms with Gasteiger partial charge in [0.15, 0.2) is 0 Å². The molecular formula is C14H20IN. The molecule has 1 fully saturated rings. The largest absolute Gasteiger partial charge is 0.312 e. The fourth-order valence-corrected chi connectivity index (χ4v) is 2.88. The average molecular weight is 329 g/mol. The predicted molar refractivity (Wildman–Crippen MR) is 77.4 cm³/mol. The molecule has 1 N–H and O–H groups in total. The summed E-state index contributed by atoms with van der Waals surface area (Å²) in [6, 6.07) is 8.78. The van der Waals surface area contributed by atoms with Gasteiger partial charge in [0.1, 0.15) is 0 Å². The molecule has 1 aromatic carbocycles. The number of halogens is 1. The van der Waals surface area contributed by atoms with Gasteiger partial charge in [0.2, 0.25) is 0 Å². The summed E-state index contributed by atoms with van der Waals surface area (Å²) >= 11 is 2.35. The molecule has 0 heterocycles. The fourth-order valence-electron chi connectivity index (χ4n) is 2.52. The zero-order chi connectivity index (χ0) is 11.4. The smallest absolute Gasteiger partial charge is 0.0205 e. The first-order chi connectivity index (χ1) is 7.68. The summed E-state index contributed by atoms with van der Waals surface area (Å²) in [6.45, 7) is 4.59. The third-order valence-corrected chi connectivity index (χ3v) is 4.32. The lowest BCUT2D eigenvalue weighted by Crippen LogP contribution is -2.29. The van der Waals surface area contributed by atoms with E-state index in [0.717, 1.165) is 6.54 Å². The molecule has 0 unspecified atom stereocenters. The molecule has 0 aliphatic heterocycles. The van der Waals surface area contributed by atoms with Crippen LogP contribution in [-0.2, 0) is 6.54 Å². The van der Waals surface area contributed by atoms with E-state index in [1.807, 2.05) is 0 Å². The maximum atomic E-state index is 3.60. The highest BCUT2D eigenvalue weighted by molar-refractivity contribution is 14.1. The molecule has 1 nitrogen and oxygen atoms in total. The Balaban J connectivity index is 1.77. The first kappa shape index (κ1) is 12.4. The predicted octanol–water partition coefficient (Wildman–Crippen LogP) is 3.96. The van der Waals surface area contributed by atoms with Crippen LogP contribution in [0.5, 0.6) is 0 Å². The normalized spacial score (nSPS) is 18.9. The van der Waals surface area contributed by atoms with Crippen LogP contribution >= 0.6 is 22.6 Å². The van der Waals surface area contributed by atoms with Crippen LogP contribution in [0.25, 0.3) is 0 Å². The second-order valence-electron chi connectivity index (χ2n) is 5.25. The summed E-state index contributed by atoms with van der Waals surface area (Å²) in [7, 11) is 0. The topological polar surface area (TPSA) is 12.0 Å². The van der Waals surface area contributed by atoms with Crippen molar-refractivity contribution in [3.05, 3.63) is 33.4 Å². The minimum Gasteiger partial charge on any atom is -0.312 e. The van der Waals surface area contributed by atoms with Crippen LogP contribution in [0.4, 0.5) is 0 Å². The minimum atomic E-state index is 0.559. The molecular weight excluding hydrogens is 309 g/mol. The molecule has 0 amide bonds. The maximum Gasteiger partial charge on any atom is 0.0205 e. The van der Waals surface area contributed by atoms with Gasteiger partial charge in [-0.15, -0.1) is 0 Å². The fraction of sp³-hybridized carbons (Fsp3) is 0.571. The summed E-state index contributed by atoms with van der Waals surface area (Å²) in [6.07, 6.45) is 5.63. The zero-order valence-electron chi connectivity index (χ0n) is 9.93. The number of nitrogens with one attached hydrogen (secondary N) is 1. The van der Waals surface area contributed by atoms with Crippen LogP contribution in [0, 0.1) is 8.99 Å². The SMILES string of the molecule is CC1(CNCc2ccc(I)cc2)CCCC1. The van der Waals surface area contributed by atoms with Crippen LogP contribution in [-0.4, -0.2) is 6.54 Å². The van der Waals surface area contributed by atoms with E-state index in [-0.39, 0.29) is 0 Å². The Labute approximate surface area is 112 Å². The highest BCUT2D eigenvalue weighted by Crippen LogP contribution is 2.36. The van der Waals surface area contributed by atoms with Gasteiger partial charge in [-0.2, -0.15) is 0 Å². The number of hydrogen-bond donors (Lipinski definition) is 1. The van der Waals surface area contributed by atoms with Gasteiger partial charge >= 0.3 is 0 Å². The van der Waals surface area contributed by atoms with Crippen LogP contribution in [0.1, 0.15) is 38.2 Å². The molecule has 1 aliphatic rings. The van der Waals surface area contributed by atoms with Gasteiger partial charge in [-0.3, -0.25) is 0 Å². The van der Waals surface area contributed by atoms with E-state index in [4.69, 9.17) is 0 Å². The van der Waals surface area contributed by atoms with Crippen molar-refractivity contribution in [3.63, 3.8) is 0 Å². The van der Waals surface area contributed by atoms with Crippen molar-refractivity contribution in [2.24, 2.45) is 5.41 Å². The molecule has 16 heavy (non-hydrogen) atoms. The van der Waals surface area contributed by atoms with Crippen molar-refractivity contribution < 1.29 is 0 Å². The lowest BCUT2D eigenvalue weighted by atomic mass is 9.89. The van der Waals surface area contributed by atoms with Gasteiger partial charge in [0.05, 0.1) is 0 Å². The van der Waals surface area contributed by atoms with E-state index in [1.54, 1.807) is 0 Å². The Kier molecular flexibility index (Phi) is 4.25. The van der Waals surface area contributed by atoms with Crippen LogP contribution < -0.4 is 5.32 Å². The average Bonchev–Trinajstić information content (AvgIpc) is 2.69. The Morgan fingerprint density at radius 2 is 1.81 bits per heavy atom. The van der Waals surface area contributed by atoms with Crippen molar-refractivity contribution in [3.8, 4) is 0 Å². The molecule has 1 saturated carbocycles. The maximum absolute atomic E-state index is 3.60. The molecule has 0 bridgehead atoms. The molecule has 88 valence electrons. The van der Waals surface area contributed by atoms with Gasteiger partial charge in [0, 0.05) is 16.7 Å². The van der Waals surface area contributed by atoms with Gasteiger partial charge in [0.25, 0.3) is 0 Å². The van der Waals surface area contributed by atoms with Crippen molar-refractivity contribution in [2.45, 2.75) is 39.2 Å². The lowest BCUT2D eigenvalue weighted by Gasteiger charge is -2.23. The molecule has 2 rings (SSSR count). The highest BCUT2D eigenvalue weighted by Gasteiger charge is 2.27. The Bertz CT molecular complexity index is 325. The van der Waals surface area contributed by atoms with E-state index in [2.05, 4.69) is 59.1 Å². The second-order valence-corrected chi connectivity index (χ2v) is 6.49. The third-order valence-electron chi connectivity index (χ3n) is 3.60. The summed E-state index contributed by atoms with van der Waals surface area (Å²) in [4.78, 5) is 0. The number of hydrogen-bond acceptors (Lipinski definition) is 1. The molecule has 2 heteroatoms. The first-order valence-corrected chi connectivity index (χ1v) is 7.21. The van der Waals surface area contributed by atoms with Crippen LogP contribution in [0.15, 0.2) is 24.3 Å². The quantitative estimate of drug-likeness (QED) is 0.825. The first-order valence-electron chi connectivity index (χ1n) is 6.13. The summed E-state index contributed by atoms with van der Waals surface area (Å²) in [5, 5.41) is 3.60. The molecule has 1 aliphatic carbocycles. The second kappa shape index (κ2) is 5.50. The van der Waals surface area contributed by atoms with E-state index < -0.39 is 0 Å². The van der Waals surface area contributed by atoms with Gasteiger partial charge in [-0.1, -0.05) is 31.9 Å². The minimum absolute atomic E-state index is 0.559. The molecule has 1 aromatic rings. The van der Waals surface area contributed by atoms with Crippen molar-refractivity contribution >= 4 is 22.6 Å². The molecule has 0 saturated heterocycles. The van der Waals surface area contributed by atoms with Crippen molar-refractivity contribution in [1.29, 1.82) is 0 Å². The molecule has 0 atom stereocenters. The molecule has 0 aromatic heterocycles. The Hall–Kier alpha value is -0.0900. The van der Waals surface area contributed by atoms with E-state index >= 15 is 0 Å². The van der Waals surface area contributed by atoms with Gasteiger partial charge in [-0.05, 0) is 58.5 Å². The van der Waals surface area contributed by atoms with Crippen LogP contribution in [0.3, 0.4) is 0 Å². The monoisotopic (exact) mass is 329 g/mol.